The third-order valence-electron chi connectivity index (χ3n) is 1.53. The van der Waals surface area contributed by atoms with Gasteiger partial charge >= 0.3 is 0 Å². The van der Waals surface area contributed by atoms with Crippen molar-refractivity contribution in [2.24, 2.45) is 5.73 Å². The third kappa shape index (κ3) is 2.68. The smallest absolute Gasteiger partial charge is 0.270 e. The largest absolute Gasteiger partial charge is 0.327 e. The van der Waals surface area contributed by atoms with Crippen LogP contribution in [-0.2, 0) is 0 Å². The molecule has 4 heteroatoms. The van der Waals surface area contributed by atoms with Crippen LogP contribution in [0.4, 0.5) is 5.69 Å². The monoisotopic (exact) mass is 178 g/mol. The Kier molecular flexibility index (Phi) is 3.16. The third-order valence-corrected chi connectivity index (χ3v) is 1.53. The first-order valence-corrected chi connectivity index (χ1v) is 3.85. The number of rotatable bonds is 3. The lowest BCUT2D eigenvalue weighted by Crippen LogP contribution is -1.92. The van der Waals surface area contributed by atoms with Gasteiger partial charge in [0, 0.05) is 18.7 Å². The average molecular weight is 178 g/mol. The summed E-state index contributed by atoms with van der Waals surface area (Å²) in [6.07, 6.45) is 3.51. The second-order valence-corrected chi connectivity index (χ2v) is 2.49. The van der Waals surface area contributed by atoms with Crippen molar-refractivity contribution in [3.63, 3.8) is 0 Å². The standard InChI is InChI=1S/C9H10N2O2/c10-6-2-4-8-3-1-5-9(7-8)11(12)13/h1-5,7H,6,10H2. The second kappa shape index (κ2) is 4.37. The Morgan fingerprint density at radius 1 is 1.54 bits per heavy atom. The normalized spacial score (nSPS) is 10.5. The van der Waals surface area contributed by atoms with Crippen molar-refractivity contribution in [3.05, 3.63) is 46.0 Å². The van der Waals surface area contributed by atoms with E-state index in [9.17, 15) is 10.1 Å². The summed E-state index contributed by atoms with van der Waals surface area (Å²) >= 11 is 0. The molecule has 0 aliphatic rings. The molecule has 0 radical (unpaired) electrons. The van der Waals surface area contributed by atoms with Crippen molar-refractivity contribution in [2.75, 3.05) is 6.54 Å². The van der Waals surface area contributed by atoms with E-state index in [1.807, 2.05) is 0 Å². The molecule has 0 saturated carbocycles. The summed E-state index contributed by atoms with van der Waals surface area (Å²) in [5.74, 6) is 0. The first kappa shape index (κ1) is 9.41. The molecule has 0 atom stereocenters. The molecular weight excluding hydrogens is 168 g/mol. The molecule has 0 amide bonds. The van der Waals surface area contributed by atoms with Crippen LogP contribution in [-0.4, -0.2) is 11.5 Å². The molecule has 0 fully saturated rings. The van der Waals surface area contributed by atoms with E-state index in [1.54, 1.807) is 24.3 Å². The zero-order valence-electron chi connectivity index (χ0n) is 7.01. The van der Waals surface area contributed by atoms with Gasteiger partial charge in [-0.15, -0.1) is 0 Å². The maximum Gasteiger partial charge on any atom is 0.270 e. The van der Waals surface area contributed by atoms with Crippen molar-refractivity contribution >= 4 is 11.8 Å². The van der Waals surface area contributed by atoms with E-state index in [2.05, 4.69) is 0 Å². The lowest BCUT2D eigenvalue weighted by molar-refractivity contribution is -0.384. The number of nitro benzene ring substituents is 1. The van der Waals surface area contributed by atoms with Crippen LogP contribution in [0.5, 0.6) is 0 Å². The zero-order valence-corrected chi connectivity index (χ0v) is 7.01. The fraction of sp³-hybridized carbons (Fsp3) is 0.111. The van der Waals surface area contributed by atoms with Gasteiger partial charge in [-0.1, -0.05) is 24.3 Å². The first-order chi connectivity index (χ1) is 6.24. The molecule has 1 rings (SSSR count). The Morgan fingerprint density at radius 3 is 2.92 bits per heavy atom. The van der Waals surface area contributed by atoms with Crippen molar-refractivity contribution in [2.45, 2.75) is 0 Å². The fourth-order valence-corrected chi connectivity index (χ4v) is 0.946. The van der Waals surface area contributed by atoms with Gasteiger partial charge in [-0.25, -0.2) is 0 Å². The summed E-state index contributed by atoms with van der Waals surface area (Å²) in [4.78, 5) is 9.97. The summed E-state index contributed by atoms with van der Waals surface area (Å²) < 4.78 is 0. The van der Waals surface area contributed by atoms with Crippen molar-refractivity contribution in [1.29, 1.82) is 0 Å². The fourth-order valence-electron chi connectivity index (χ4n) is 0.946. The maximum absolute atomic E-state index is 10.4. The maximum atomic E-state index is 10.4. The molecular formula is C9H10N2O2. The number of nitrogens with zero attached hydrogens (tertiary/aromatic N) is 1. The zero-order chi connectivity index (χ0) is 9.68. The van der Waals surface area contributed by atoms with E-state index in [0.717, 1.165) is 5.56 Å². The Labute approximate surface area is 75.8 Å². The predicted molar refractivity (Wildman–Crippen MR) is 51.2 cm³/mol. The van der Waals surface area contributed by atoms with Gasteiger partial charge in [0.25, 0.3) is 5.69 Å². The first-order valence-electron chi connectivity index (χ1n) is 3.85. The van der Waals surface area contributed by atoms with Gasteiger partial charge in [0.15, 0.2) is 0 Å². The van der Waals surface area contributed by atoms with Crippen LogP contribution in [0.3, 0.4) is 0 Å². The average Bonchev–Trinajstić information content (AvgIpc) is 2.15. The van der Waals surface area contributed by atoms with E-state index in [4.69, 9.17) is 5.73 Å². The number of benzene rings is 1. The van der Waals surface area contributed by atoms with Crippen LogP contribution in [0.25, 0.3) is 6.08 Å². The number of hydrogen-bond acceptors (Lipinski definition) is 3. The molecule has 68 valence electrons. The van der Waals surface area contributed by atoms with Gasteiger partial charge < -0.3 is 5.73 Å². The summed E-state index contributed by atoms with van der Waals surface area (Å²) in [6, 6.07) is 6.40. The molecule has 0 bridgehead atoms. The van der Waals surface area contributed by atoms with Gasteiger partial charge in [0.05, 0.1) is 4.92 Å². The highest BCUT2D eigenvalue weighted by Gasteiger charge is 2.02. The summed E-state index contributed by atoms with van der Waals surface area (Å²) in [5.41, 5.74) is 6.14. The topological polar surface area (TPSA) is 69.2 Å². The van der Waals surface area contributed by atoms with Gasteiger partial charge in [-0.3, -0.25) is 10.1 Å². The number of nitro groups is 1. The van der Waals surface area contributed by atoms with E-state index in [-0.39, 0.29) is 5.69 Å². The molecule has 0 unspecified atom stereocenters. The minimum atomic E-state index is -0.417. The summed E-state index contributed by atoms with van der Waals surface area (Å²) in [6.45, 7) is 0.433. The van der Waals surface area contributed by atoms with E-state index in [0.29, 0.717) is 6.54 Å². The van der Waals surface area contributed by atoms with Crippen LogP contribution in [0, 0.1) is 10.1 Å². The molecule has 0 spiro atoms. The Balaban J connectivity index is 2.92. The minimum absolute atomic E-state index is 0.0965. The van der Waals surface area contributed by atoms with E-state index >= 15 is 0 Å². The van der Waals surface area contributed by atoms with E-state index in [1.165, 1.54) is 12.1 Å². The highest BCUT2D eigenvalue weighted by atomic mass is 16.6. The predicted octanol–water partition coefficient (Wildman–Crippen LogP) is 1.57. The lowest BCUT2D eigenvalue weighted by Gasteiger charge is -1.93. The van der Waals surface area contributed by atoms with Crippen LogP contribution in [0.1, 0.15) is 5.56 Å². The molecule has 0 heterocycles. The van der Waals surface area contributed by atoms with Crippen molar-refractivity contribution < 1.29 is 4.92 Å². The molecule has 2 N–H and O–H groups in total. The Hall–Kier alpha value is -1.68. The Bertz CT molecular complexity index is 334. The summed E-state index contributed by atoms with van der Waals surface area (Å²) in [5, 5.41) is 10.4. The summed E-state index contributed by atoms with van der Waals surface area (Å²) in [7, 11) is 0. The lowest BCUT2D eigenvalue weighted by atomic mass is 10.2. The van der Waals surface area contributed by atoms with Gasteiger partial charge in [-0.05, 0) is 5.56 Å². The molecule has 13 heavy (non-hydrogen) atoms. The van der Waals surface area contributed by atoms with Gasteiger partial charge in [0.2, 0.25) is 0 Å². The molecule has 0 aliphatic carbocycles. The van der Waals surface area contributed by atoms with Crippen LogP contribution < -0.4 is 5.73 Å². The number of nitrogens with two attached hydrogens (primary N) is 1. The SMILES string of the molecule is NCC=Cc1cccc([N+](=O)[O-])c1. The number of non-ortho nitro benzene ring substituents is 1. The van der Waals surface area contributed by atoms with Gasteiger partial charge in [0.1, 0.15) is 0 Å². The van der Waals surface area contributed by atoms with Crippen LogP contribution in [0.2, 0.25) is 0 Å². The highest BCUT2D eigenvalue weighted by Crippen LogP contribution is 2.13. The molecule has 0 aromatic heterocycles. The van der Waals surface area contributed by atoms with Gasteiger partial charge in [-0.2, -0.15) is 0 Å². The minimum Gasteiger partial charge on any atom is -0.327 e. The Morgan fingerprint density at radius 2 is 2.31 bits per heavy atom. The second-order valence-electron chi connectivity index (χ2n) is 2.49. The molecule has 1 aromatic carbocycles. The van der Waals surface area contributed by atoms with Crippen LogP contribution >= 0.6 is 0 Å². The quantitative estimate of drug-likeness (QED) is 0.564. The van der Waals surface area contributed by atoms with Crippen LogP contribution in [0.15, 0.2) is 30.3 Å². The number of hydrogen-bond donors (Lipinski definition) is 1. The molecule has 0 aliphatic heterocycles. The molecule has 4 nitrogen and oxygen atoms in total. The molecule has 1 aromatic rings. The highest BCUT2D eigenvalue weighted by molar-refractivity contribution is 5.53. The van der Waals surface area contributed by atoms with Crippen molar-refractivity contribution in [1.82, 2.24) is 0 Å². The van der Waals surface area contributed by atoms with Crippen molar-refractivity contribution in [3.8, 4) is 0 Å². The van der Waals surface area contributed by atoms with E-state index < -0.39 is 4.92 Å². The molecule has 0 saturated heterocycles.